The number of rotatable bonds is 3. The molecule has 1 rings (SSSR count). The average Bonchev–Trinajstić information content (AvgIpc) is 2.09. The minimum Gasteiger partial charge on any atom is -0.123 e. The minimum atomic E-state index is 0.686. The Balaban J connectivity index is 2.58. The molecule has 1 unspecified atom stereocenters. The van der Waals surface area contributed by atoms with Crippen LogP contribution in [0, 0.1) is 0 Å². The second-order valence-corrected chi connectivity index (χ2v) is 4.74. The van der Waals surface area contributed by atoms with Gasteiger partial charge in [0.15, 0.2) is 0 Å². The van der Waals surface area contributed by atoms with Crippen LogP contribution in [0.25, 0.3) is 0 Å². The van der Waals surface area contributed by atoms with Gasteiger partial charge in [-0.05, 0) is 30.7 Å². The molecule has 0 fully saturated rings. The van der Waals surface area contributed by atoms with Crippen molar-refractivity contribution in [3.63, 3.8) is 0 Å². The third kappa shape index (κ3) is 3.08. The molecule has 0 amide bonds. The van der Waals surface area contributed by atoms with Gasteiger partial charge in [-0.1, -0.05) is 25.4 Å². The first-order valence-electron chi connectivity index (χ1n) is 4.14. The van der Waals surface area contributed by atoms with E-state index in [1.165, 1.54) is 11.3 Å². The van der Waals surface area contributed by atoms with Crippen LogP contribution in [0.1, 0.15) is 20.3 Å². The maximum absolute atomic E-state index is 5.77. The Kier molecular flexibility index (Phi) is 3.96. The summed E-state index contributed by atoms with van der Waals surface area (Å²) < 4.78 is 0. The summed E-state index contributed by atoms with van der Waals surface area (Å²) in [5.74, 6) is 0. The summed E-state index contributed by atoms with van der Waals surface area (Å²) in [6, 6.07) is 8.01. The number of hydrogen-bond donors (Lipinski definition) is 0. The molecular formula is C10H13ClS. The van der Waals surface area contributed by atoms with Crippen LogP contribution < -0.4 is 0 Å². The lowest BCUT2D eigenvalue weighted by Crippen LogP contribution is -1.90. The lowest BCUT2D eigenvalue weighted by Gasteiger charge is -2.07. The van der Waals surface area contributed by atoms with Gasteiger partial charge in [0.25, 0.3) is 0 Å². The predicted molar refractivity (Wildman–Crippen MR) is 57.1 cm³/mol. The van der Waals surface area contributed by atoms with E-state index in [4.69, 9.17) is 11.6 Å². The van der Waals surface area contributed by atoms with Gasteiger partial charge in [-0.25, -0.2) is 0 Å². The largest absolute Gasteiger partial charge is 0.123 e. The Morgan fingerprint density at radius 1 is 1.33 bits per heavy atom. The Bertz CT molecular complexity index is 230. The maximum atomic E-state index is 5.77. The monoisotopic (exact) mass is 200 g/mol. The molecule has 0 radical (unpaired) electrons. The first kappa shape index (κ1) is 9.94. The van der Waals surface area contributed by atoms with Gasteiger partial charge < -0.3 is 0 Å². The van der Waals surface area contributed by atoms with E-state index >= 15 is 0 Å². The quantitative estimate of drug-likeness (QED) is 0.658. The van der Waals surface area contributed by atoms with E-state index in [1.807, 2.05) is 23.9 Å². The molecular weight excluding hydrogens is 188 g/mol. The van der Waals surface area contributed by atoms with Crippen LogP contribution in [0.5, 0.6) is 0 Å². The van der Waals surface area contributed by atoms with Gasteiger partial charge in [0, 0.05) is 15.2 Å². The fraction of sp³-hybridized carbons (Fsp3) is 0.400. The van der Waals surface area contributed by atoms with Crippen molar-refractivity contribution in [3.05, 3.63) is 29.3 Å². The lowest BCUT2D eigenvalue weighted by molar-refractivity contribution is 0.905. The summed E-state index contributed by atoms with van der Waals surface area (Å²) in [6.07, 6.45) is 1.20. The zero-order valence-electron chi connectivity index (χ0n) is 7.38. The van der Waals surface area contributed by atoms with Crippen molar-refractivity contribution in [3.8, 4) is 0 Å². The van der Waals surface area contributed by atoms with Gasteiger partial charge >= 0.3 is 0 Å². The lowest BCUT2D eigenvalue weighted by atomic mass is 10.4. The third-order valence-electron chi connectivity index (χ3n) is 1.73. The molecule has 2 heteroatoms. The SMILES string of the molecule is CCC(C)Sc1ccc(Cl)cc1. The van der Waals surface area contributed by atoms with Gasteiger partial charge in [-0.3, -0.25) is 0 Å². The van der Waals surface area contributed by atoms with E-state index in [2.05, 4.69) is 26.0 Å². The van der Waals surface area contributed by atoms with E-state index in [1.54, 1.807) is 0 Å². The highest BCUT2D eigenvalue weighted by atomic mass is 35.5. The summed E-state index contributed by atoms with van der Waals surface area (Å²) in [5.41, 5.74) is 0. The molecule has 0 saturated heterocycles. The van der Waals surface area contributed by atoms with E-state index in [-0.39, 0.29) is 0 Å². The fourth-order valence-corrected chi connectivity index (χ4v) is 1.88. The van der Waals surface area contributed by atoms with Crippen LogP contribution in [0.3, 0.4) is 0 Å². The Labute approximate surface area is 83.3 Å². The molecule has 1 aromatic carbocycles. The van der Waals surface area contributed by atoms with E-state index in [9.17, 15) is 0 Å². The molecule has 12 heavy (non-hydrogen) atoms. The van der Waals surface area contributed by atoms with Gasteiger partial charge in [0.2, 0.25) is 0 Å². The molecule has 0 nitrogen and oxygen atoms in total. The van der Waals surface area contributed by atoms with E-state index in [0.29, 0.717) is 5.25 Å². The molecule has 0 N–H and O–H groups in total. The summed E-state index contributed by atoms with van der Waals surface area (Å²) in [4.78, 5) is 1.30. The first-order valence-corrected chi connectivity index (χ1v) is 5.40. The zero-order chi connectivity index (χ0) is 8.97. The van der Waals surface area contributed by atoms with Crippen LogP contribution in [-0.4, -0.2) is 5.25 Å². The van der Waals surface area contributed by atoms with Crippen molar-refractivity contribution < 1.29 is 0 Å². The fourth-order valence-electron chi connectivity index (χ4n) is 0.829. The van der Waals surface area contributed by atoms with Crippen molar-refractivity contribution in [1.82, 2.24) is 0 Å². The molecule has 0 spiro atoms. The van der Waals surface area contributed by atoms with Gasteiger partial charge in [-0.15, -0.1) is 11.8 Å². The molecule has 0 aromatic heterocycles. The summed E-state index contributed by atoms with van der Waals surface area (Å²) in [6.45, 7) is 4.44. The second kappa shape index (κ2) is 4.78. The number of thioether (sulfide) groups is 1. The zero-order valence-corrected chi connectivity index (χ0v) is 8.95. The molecule has 0 aliphatic rings. The van der Waals surface area contributed by atoms with Crippen molar-refractivity contribution >= 4 is 23.4 Å². The number of hydrogen-bond acceptors (Lipinski definition) is 1. The molecule has 0 bridgehead atoms. The second-order valence-electron chi connectivity index (χ2n) is 2.79. The van der Waals surface area contributed by atoms with Crippen molar-refractivity contribution in [2.24, 2.45) is 0 Å². The van der Waals surface area contributed by atoms with Crippen LogP contribution >= 0.6 is 23.4 Å². The molecule has 1 aromatic rings. The van der Waals surface area contributed by atoms with Crippen LogP contribution in [0.2, 0.25) is 5.02 Å². The topological polar surface area (TPSA) is 0 Å². The van der Waals surface area contributed by atoms with Crippen molar-refractivity contribution in [1.29, 1.82) is 0 Å². The third-order valence-corrected chi connectivity index (χ3v) is 3.26. The number of benzene rings is 1. The van der Waals surface area contributed by atoms with E-state index in [0.717, 1.165) is 5.02 Å². The highest BCUT2D eigenvalue weighted by molar-refractivity contribution is 7.99. The standard InChI is InChI=1S/C10H13ClS/c1-3-8(2)12-10-6-4-9(11)5-7-10/h4-8H,3H2,1-2H3. The highest BCUT2D eigenvalue weighted by Crippen LogP contribution is 2.25. The summed E-state index contributed by atoms with van der Waals surface area (Å²) >= 11 is 7.67. The van der Waals surface area contributed by atoms with Gasteiger partial charge in [0.05, 0.1) is 0 Å². The normalized spacial score (nSPS) is 12.9. The molecule has 0 aliphatic carbocycles. The highest BCUT2D eigenvalue weighted by Gasteiger charge is 2.00. The predicted octanol–water partition coefficient (Wildman–Crippen LogP) is 4.23. The summed E-state index contributed by atoms with van der Waals surface area (Å²) in [7, 11) is 0. The molecule has 0 heterocycles. The Morgan fingerprint density at radius 2 is 1.92 bits per heavy atom. The molecule has 0 saturated carbocycles. The average molecular weight is 201 g/mol. The van der Waals surface area contributed by atoms with Crippen LogP contribution in [-0.2, 0) is 0 Å². The maximum Gasteiger partial charge on any atom is 0.0406 e. The minimum absolute atomic E-state index is 0.686. The smallest absolute Gasteiger partial charge is 0.0406 e. The van der Waals surface area contributed by atoms with Gasteiger partial charge in [-0.2, -0.15) is 0 Å². The van der Waals surface area contributed by atoms with Crippen molar-refractivity contribution in [2.45, 2.75) is 30.4 Å². The van der Waals surface area contributed by atoms with Crippen molar-refractivity contribution in [2.75, 3.05) is 0 Å². The molecule has 1 atom stereocenters. The van der Waals surface area contributed by atoms with Gasteiger partial charge in [0.1, 0.15) is 0 Å². The Morgan fingerprint density at radius 3 is 2.42 bits per heavy atom. The van der Waals surface area contributed by atoms with E-state index < -0.39 is 0 Å². The first-order chi connectivity index (χ1) is 5.72. The Hall–Kier alpha value is -0.140. The summed E-state index contributed by atoms with van der Waals surface area (Å²) in [5, 5.41) is 1.50. The van der Waals surface area contributed by atoms with Crippen LogP contribution in [0.4, 0.5) is 0 Å². The molecule has 0 aliphatic heterocycles. The molecule has 66 valence electrons. The number of halogens is 1. The van der Waals surface area contributed by atoms with Crippen LogP contribution in [0.15, 0.2) is 29.2 Å².